The van der Waals surface area contributed by atoms with Crippen LogP contribution in [-0.2, 0) is 0 Å². The number of aromatic hydroxyl groups is 1. The van der Waals surface area contributed by atoms with Crippen LogP contribution < -0.4 is 5.73 Å². The van der Waals surface area contributed by atoms with E-state index >= 15 is 0 Å². The first-order valence-electron chi connectivity index (χ1n) is 2.45. The number of nitrogen functional groups attached to an aromatic ring is 1. The summed E-state index contributed by atoms with van der Waals surface area (Å²) in [5, 5.41) is 8.74. The number of hydrogen-bond donors (Lipinski definition) is 2. The van der Waals surface area contributed by atoms with Crippen molar-refractivity contribution in [1.29, 1.82) is 0 Å². The largest absolute Gasteiger partial charge is 0.506 e. The third-order valence-corrected chi connectivity index (χ3v) is 1.03. The summed E-state index contributed by atoms with van der Waals surface area (Å²) in [6.45, 7) is 0. The molecule has 0 aliphatic carbocycles. The Morgan fingerprint density at radius 3 is 2.40 bits per heavy atom. The lowest BCUT2D eigenvalue weighted by Crippen LogP contribution is -1.89. The molecule has 0 bridgehead atoms. The van der Waals surface area contributed by atoms with Crippen LogP contribution in [0.5, 0.6) is 5.75 Å². The molecule has 2 nitrogen and oxygen atoms in total. The molecule has 1 rings (SSSR count). The van der Waals surface area contributed by atoms with Gasteiger partial charge in [-0.05, 0) is 12.1 Å². The maximum absolute atomic E-state index is 12.3. The van der Waals surface area contributed by atoms with E-state index in [9.17, 15) is 4.39 Å². The molecule has 0 amide bonds. The summed E-state index contributed by atoms with van der Waals surface area (Å²) in [6.07, 6.45) is 0. The topological polar surface area (TPSA) is 46.2 Å². The van der Waals surface area contributed by atoms with Gasteiger partial charge in [-0.2, -0.15) is 0 Å². The lowest BCUT2D eigenvalue weighted by Gasteiger charge is -1.96. The molecule has 3 N–H and O–H groups in total. The molecule has 1 aromatic rings. The number of halogens is 2. The minimum atomic E-state index is -0.588. The zero-order valence-electron chi connectivity index (χ0n) is 5.04. The summed E-state index contributed by atoms with van der Waals surface area (Å²) in [5.41, 5.74) is 4.86. The minimum Gasteiger partial charge on any atom is -0.506 e. The molecule has 10 heavy (non-hydrogen) atoms. The van der Waals surface area contributed by atoms with Crippen molar-refractivity contribution >= 4 is 18.1 Å². The first kappa shape index (κ1) is 9.04. The molecule has 0 aliphatic heterocycles. The van der Waals surface area contributed by atoms with E-state index in [0.717, 1.165) is 0 Å². The highest BCUT2D eigenvalue weighted by molar-refractivity contribution is 5.85. The summed E-state index contributed by atoms with van der Waals surface area (Å²) in [7, 11) is 0. The van der Waals surface area contributed by atoms with Crippen molar-refractivity contribution in [3.05, 3.63) is 24.0 Å². The summed E-state index contributed by atoms with van der Waals surface area (Å²) in [6, 6.07) is 3.91. The maximum atomic E-state index is 12.3. The van der Waals surface area contributed by atoms with Gasteiger partial charge in [-0.3, -0.25) is 0 Å². The standard InChI is InChI=1S/C6H6FNO.ClH/c7-4-2-1-3-5(9)6(4)8;/h1-3,9H,8H2;1H. The Kier molecular flexibility index (Phi) is 2.96. The average Bonchev–Trinajstić information content (AvgIpc) is 1.83. The van der Waals surface area contributed by atoms with Crippen molar-refractivity contribution in [2.24, 2.45) is 0 Å². The van der Waals surface area contributed by atoms with Gasteiger partial charge in [0.2, 0.25) is 0 Å². The second-order valence-electron chi connectivity index (χ2n) is 1.67. The van der Waals surface area contributed by atoms with Gasteiger partial charge in [0.1, 0.15) is 17.3 Å². The number of anilines is 1. The second kappa shape index (κ2) is 3.27. The smallest absolute Gasteiger partial charge is 0.149 e. The maximum Gasteiger partial charge on any atom is 0.149 e. The second-order valence-corrected chi connectivity index (χ2v) is 1.67. The van der Waals surface area contributed by atoms with Crippen LogP contribution in [0.1, 0.15) is 0 Å². The van der Waals surface area contributed by atoms with Crippen molar-refractivity contribution in [3.63, 3.8) is 0 Å². The molecule has 0 aromatic heterocycles. The molecule has 0 unspecified atom stereocenters. The van der Waals surface area contributed by atoms with Gasteiger partial charge >= 0.3 is 0 Å². The average molecular weight is 164 g/mol. The molecule has 0 aliphatic rings. The Labute approximate surface area is 63.9 Å². The molecule has 0 atom stereocenters. The van der Waals surface area contributed by atoms with E-state index in [4.69, 9.17) is 10.8 Å². The number of hydrogen-bond acceptors (Lipinski definition) is 2. The highest BCUT2D eigenvalue weighted by atomic mass is 35.5. The first-order chi connectivity index (χ1) is 4.22. The summed E-state index contributed by atoms with van der Waals surface area (Å²) >= 11 is 0. The van der Waals surface area contributed by atoms with E-state index in [1.807, 2.05) is 0 Å². The van der Waals surface area contributed by atoms with Crippen LogP contribution >= 0.6 is 12.4 Å². The number of nitrogens with two attached hydrogens (primary N) is 1. The molecular formula is C6H7ClFNO. The van der Waals surface area contributed by atoms with Gasteiger partial charge in [0.25, 0.3) is 0 Å². The van der Waals surface area contributed by atoms with Gasteiger partial charge < -0.3 is 10.8 Å². The molecule has 0 fully saturated rings. The highest BCUT2D eigenvalue weighted by Crippen LogP contribution is 2.20. The number of phenolic OH excluding ortho intramolecular Hbond substituents is 1. The number of para-hydroxylation sites is 1. The van der Waals surface area contributed by atoms with E-state index in [0.29, 0.717) is 0 Å². The Balaban J connectivity index is 0.000000810. The van der Waals surface area contributed by atoms with E-state index < -0.39 is 5.82 Å². The monoisotopic (exact) mass is 163 g/mol. The van der Waals surface area contributed by atoms with Gasteiger partial charge in [0.05, 0.1) is 0 Å². The SMILES string of the molecule is Cl.Nc1c(O)cccc1F. The first-order valence-corrected chi connectivity index (χ1v) is 2.45. The van der Waals surface area contributed by atoms with Crippen LogP contribution in [0.2, 0.25) is 0 Å². The van der Waals surface area contributed by atoms with Gasteiger partial charge in [-0.15, -0.1) is 12.4 Å². The molecule has 0 saturated carbocycles. The Morgan fingerprint density at radius 2 is 2.00 bits per heavy atom. The third-order valence-electron chi connectivity index (χ3n) is 1.03. The fourth-order valence-corrected chi connectivity index (χ4v) is 0.526. The lowest BCUT2D eigenvalue weighted by atomic mass is 10.3. The van der Waals surface area contributed by atoms with E-state index in [-0.39, 0.29) is 23.8 Å². The van der Waals surface area contributed by atoms with Crippen LogP contribution in [0.15, 0.2) is 18.2 Å². The van der Waals surface area contributed by atoms with Crippen molar-refractivity contribution < 1.29 is 9.50 Å². The van der Waals surface area contributed by atoms with Crippen molar-refractivity contribution in [3.8, 4) is 5.75 Å². The number of benzene rings is 1. The molecule has 56 valence electrons. The fourth-order valence-electron chi connectivity index (χ4n) is 0.526. The van der Waals surface area contributed by atoms with Crippen LogP contribution in [0.3, 0.4) is 0 Å². The number of phenols is 1. The van der Waals surface area contributed by atoms with Crippen LogP contribution in [-0.4, -0.2) is 5.11 Å². The molecule has 0 heterocycles. The lowest BCUT2D eigenvalue weighted by molar-refractivity contribution is 0.473. The summed E-state index contributed by atoms with van der Waals surface area (Å²) < 4.78 is 12.3. The van der Waals surface area contributed by atoms with Crippen LogP contribution in [0, 0.1) is 5.82 Å². The summed E-state index contributed by atoms with van der Waals surface area (Å²) in [5.74, 6) is -0.801. The van der Waals surface area contributed by atoms with E-state index in [2.05, 4.69) is 0 Å². The predicted octanol–water partition coefficient (Wildman–Crippen LogP) is 1.54. The fraction of sp³-hybridized carbons (Fsp3) is 0. The quantitative estimate of drug-likeness (QED) is 0.450. The normalized spacial score (nSPS) is 8.50. The van der Waals surface area contributed by atoms with Crippen molar-refractivity contribution in [2.45, 2.75) is 0 Å². The molecule has 4 heteroatoms. The molecule has 0 saturated heterocycles. The summed E-state index contributed by atoms with van der Waals surface area (Å²) in [4.78, 5) is 0. The van der Waals surface area contributed by atoms with Crippen LogP contribution in [0.4, 0.5) is 10.1 Å². The zero-order chi connectivity index (χ0) is 6.85. The Hall–Kier alpha value is -0.960. The van der Waals surface area contributed by atoms with Gasteiger partial charge in [0.15, 0.2) is 0 Å². The third kappa shape index (κ3) is 1.51. The zero-order valence-corrected chi connectivity index (χ0v) is 5.86. The van der Waals surface area contributed by atoms with Gasteiger partial charge in [-0.1, -0.05) is 6.07 Å². The van der Waals surface area contributed by atoms with E-state index in [1.165, 1.54) is 18.2 Å². The molecule has 1 aromatic carbocycles. The van der Waals surface area contributed by atoms with Crippen molar-refractivity contribution in [2.75, 3.05) is 5.73 Å². The molecule has 0 radical (unpaired) electrons. The highest BCUT2D eigenvalue weighted by Gasteiger charge is 1.99. The minimum absolute atomic E-state index is 0. The Morgan fingerprint density at radius 1 is 1.40 bits per heavy atom. The number of rotatable bonds is 0. The van der Waals surface area contributed by atoms with Gasteiger partial charge in [0, 0.05) is 0 Å². The molecular weight excluding hydrogens is 157 g/mol. The van der Waals surface area contributed by atoms with Crippen molar-refractivity contribution in [1.82, 2.24) is 0 Å². The van der Waals surface area contributed by atoms with Crippen LogP contribution in [0.25, 0.3) is 0 Å². The molecule has 0 spiro atoms. The van der Waals surface area contributed by atoms with Gasteiger partial charge in [-0.25, -0.2) is 4.39 Å². The predicted molar refractivity (Wildman–Crippen MR) is 39.7 cm³/mol. The Bertz CT molecular complexity index is 209. The van der Waals surface area contributed by atoms with E-state index in [1.54, 1.807) is 0 Å².